The number of aromatic hydroxyl groups is 1. The van der Waals surface area contributed by atoms with Crippen LogP contribution in [-0.4, -0.2) is 28.4 Å². The molecule has 0 saturated carbocycles. The van der Waals surface area contributed by atoms with Gasteiger partial charge in [0.05, 0.1) is 12.1 Å². The Balaban J connectivity index is 1.84. The van der Waals surface area contributed by atoms with Crippen molar-refractivity contribution in [1.29, 1.82) is 0 Å². The molecular formula is C23H27FN2O4. The third kappa shape index (κ3) is 4.45. The first-order valence-corrected chi connectivity index (χ1v) is 9.98. The van der Waals surface area contributed by atoms with E-state index < -0.39 is 11.8 Å². The molecule has 2 aromatic rings. The maximum atomic E-state index is 15.0. The van der Waals surface area contributed by atoms with Crippen molar-refractivity contribution < 1.29 is 23.9 Å². The van der Waals surface area contributed by atoms with Gasteiger partial charge >= 0.3 is 5.97 Å². The van der Waals surface area contributed by atoms with Gasteiger partial charge in [0.15, 0.2) is 11.6 Å². The zero-order valence-electron chi connectivity index (χ0n) is 18.0. The Hall–Kier alpha value is -2.96. The largest absolute Gasteiger partial charge is 0.506 e. The van der Waals surface area contributed by atoms with E-state index in [0.29, 0.717) is 23.4 Å². The van der Waals surface area contributed by atoms with Crippen LogP contribution < -0.4 is 4.74 Å². The van der Waals surface area contributed by atoms with Crippen LogP contribution >= 0.6 is 0 Å². The number of oxime groups is 1. The Morgan fingerprint density at radius 2 is 2.03 bits per heavy atom. The van der Waals surface area contributed by atoms with E-state index in [2.05, 4.69) is 21.9 Å². The third-order valence-corrected chi connectivity index (χ3v) is 5.66. The molecule has 1 aliphatic heterocycles. The predicted molar refractivity (Wildman–Crippen MR) is 112 cm³/mol. The number of hydrogen-bond acceptors (Lipinski definition) is 6. The zero-order valence-corrected chi connectivity index (χ0v) is 18.0. The summed E-state index contributed by atoms with van der Waals surface area (Å²) in [5.41, 5.74) is 3.76. The molecule has 160 valence electrons. The summed E-state index contributed by atoms with van der Waals surface area (Å²) in [6.45, 7) is 9.72. The van der Waals surface area contributed by atoms with Gasteiger partial charge in [-0.05, 0) is 55.2 Å². The molecule has 30 heavy (non-hydrogen) atoms. The molecule has 1 aromatic carbocycles. The number of rotatable bonds is 7. The van der Waals surface area contributed by atoms with Gasteiger partial charge in [-0.1, -0.05) is 25.9 Å². The van der Waals surface area contributed by atoms with E-state index in [0.717, 1.165) is 23.2 Å². The van der Waals surface area contributed by atoms with Crippen molar-refractivity contribution in [2.24, 2.45) is 5.16 Å². The summed E-state index contributed by atoms with van der Waals surface area (Å²) in [5, 5.41) is 13.9. The summed E-state index contributed by atoms with van der Waals surface area (Å²) in [7, 11) is 0. The van der Waals surface area contributed by atoms with Crippen LogP contribution in [-0.2, 0) is 21.5 Å². The Kier molecular flexibility index (Phi) is 6.10. The van der Waals surface area contributed by atoms with Crippen molar-refractivity contribution in [1.82, 2.24) is 4.98 Å². The van der Waals surface area contributed by atoms with Crippen LogP contribution in [0.1, 0.15) is 61.7 Å². The van der Waals surface area contributed by atoms with Crippen LogP contribution in [0.2, 0.25) is 0 Å². The molecule has 1 aromatic heterocycles. The minimum Gasteiger partial charge on any atom is -0.506 e. The van der Waals surface area contributed by atoms with Crippen molar-refractivity contribution in [3.8, 4) is 11.5 Å². The minimum absolute atomic E-state index is 0.00410. The van der Waals surface area contributed by atoms with Crippen LogP contribution in [0, 0.1) is 19.7 Å². The fourth-order valence-corrected chi connectivity index (χ4v) is 3.36. The summed E-state index contributed by atoms with van der Waals surface area (Å²) < 4.78 is 20.5. The highest BCUT2D eigenvalue weighted by Crippen LogP contribution is 2.33. The standard InChI is InChI=1S/C23H27FN2O4/c1-6-23(4,5)22-18(27)8-7-15(25-22)10-17-13(2)9-19(21(24)14(17)3)29-12-16-11-20(28)30-26-16/h7-9,27H,6,10-12H2,1-5H3. The second-order valence-electron chi connectivity index (χ2n) is 8.28. The van der Waals surface area contributed by atoms with Crippen molar-refractivity contribution >= 4 is 11.7 Å². The molecule has 1 aliphatic rings. The van der Waals surface area contributed by atoms with Crippen LogP contribution in [0.5, 0.6) is 11.5 Å². The van der Waals surface area contributed by atoms with E-state index >= 15 is 0 Å². The summed E-state index contributed by atoms with van der Waals surface area (Å²) in [4.78, 5) is 20.3. The number of pyridine rings is 1. The number of aromatic nitrogens is 1. The Morgan fingerprint density at radius 3 is 2.67 bits per heavy atom. The molecule has 2 heterocycles. The fraction of sp³-hybridized carbons (Fsp3) is 0.435. The van der Waals surface area contributed by atoms with E-state index in [9.17, 15) is 14.3 Å². The Labute approximate surface area is 175 Å². The van der Waals surface area contributed by atoms with Crippen molar-refractivity contribution in [3.05, 3.63) is 52.1 Å². The van der Waals surface area contributed by atoms with Gasteiger partial charge < -0.3 is 14.7 Å². The van der Waals surface area contributed by atoms with E-state index in [1.807, 2.05) is 20.8 Å². The first-order chi connectivity index (χ1) is 14.1. The molecule has 0 saturated heterocycles. The van der Waals surface area contributed by atoms with Crippen LogP contribution in [0.3, 0.4) is 0 Å². The number of halogens is 1. The lowest BCUT2D eigenvalue weighted by molar-refractivity contribution is -0.140. The highest BCUT2D eigenvalue weighted by Gasteiger charge is 2.25. The molecule has 0 fully saturated rings. The Bertz CT molecular complexity index is 1010. The van der Waals surface area contributed by atoms with Gasteiger partial charge in [0.1, 0.15) is 18.1 Å². The molecular weight excluding hydrogens is 387 g/mol. The van der Waals surface area contributed by atoms with Gasteiger partial charge in [0, 0.05) is 17.5 Å². The summed E-state index contributed by atoms with van der Waals surface area (Å²) >= 11 is 0. The molecule has 0 amide bonds. The molecule has 0 atom stereocenters. The monoisotopic (exact) mass is 414 g/mol. The summed E-state index contributed by atoms with van der Waals surface area (Å²) in [5.74, 6) is -0.605. The highest BCUT2D eigenvalue weighted by atomic mass is 19.1. The van der Waals surface area contributed by atoms with Crippen LogP contribution in [0.4, 0.5) is 4.39 Å². The molecule has 0 radical (unpaired) electrons. The minimum atomic E-state index is -0.450. The van der Waals surface area contributed by atoms with Crippen LogP contribution in [0.25, 0.3) is 0 Å². The van der Waals surface area contributed by atoms with Crippen LogP contribution in [0.15, 0.2) is 23.4 Å². The smallest absolute Gasteiger partial charge is 0.340 e. The van der Waals surface area contributed by atoms with Gasteiger partial charge in [-0.2, -0.15) is 0 Å². The second-order valence-corrected chi connectivity index (χ2v) is 8.28. The molecule has 6 nitrogen and oxygen atoms in total. The lowest BCUT2D eigenvalue weighted by atomic mass is 9.85. The van der Waals surface area contributed by atoms with Gasteiger partial charge in [-0.25, -0.2) is 9.18 Å². The van der Waals surface area contributed by atoms with Gasteiger partial charge in [-0.3, -0.25) is 4.98 Å². The average molecular weight is 414 g/mol. The zero-order chi connectivity index (χ0) is 22.1. The SMILES string of the molecule is CCC(C)(C)c1nc(Cc2c(C)cc(OCC3=NOC(=O)C3)c(F)c2C)ccc1O. The van der Waals surface area contributed by atoms with E-state index in [-0.39, 0.29) is 29.9 Å². The Morgan fingerprint density at radius 1 is 1.30 bits per heavy atom. The maximum absolute atomic E-state index is 15.0. The lowest BCUT2D eigenvalue weighted by Gasteiger charge is -2.24. The number of aryl methyl sites for hydroxylation is 1. The summed E-state index contributed by atoms with van der Waals surface area (Å²) in [6, 6.07) is 5.06. The highest BCUT2D eigenvalue weighted by molar-refractivity contribution is 6.02. The van der Waals surface area contributed by atoms with Gasteiger partial charge in [0.2, 0.25) is 0 Å². The molecule has 0 unspecified atom stereocenters. The predicted octanol–water partition coefficient (Wildman–Crippen LogP) is 4.50. The van der Waals surface area contributed by atoms with E-state index in [4.69, 9.17) is 4.74 Å². The molecule has 0 spiro atoms. The topological polar surface area (TPSA) is 81.0 Å². The van der Waals surface area contributed by atoms with Crippen molar-refractivity contribution in [2.75, 3.05) is 6.61 Å². The lowest BCUT2D eigenvalue weighted by Crippen LogP contribution is -2.18. The quantitative estimate of drug-likeness (QED) is 0.675. The summed E-state index contributed by atoms with van der Waals surface area (Å²) in [6.07, 6.45) is 1.33. The molecule has 1 N–H and O–H groups in total. The maximum Gasteiger partial charge on any atom is 0.340 e. The first-order valence-electron chi connectivity index (χ1n) is 9.98. The van der Waals surface area contributed by atoms with E-state index in [1.54, 1.807) is 25.1 Å². The number of carbonyl (C=O) groups is 1. The van der Waals surface area contributed by atoms with Gasteiger partial charge in [-0.15, -0.1) is 0 Å². The van der Waals surface area contributed by atoms with Gasteiger partial charge in [0.25, 0.3) is 0 Å². The fourth-order valence-electron chi connectivity index (χ4n) is 3.36. The molecule has 0 bridgehead atoms. The van der Waals surface area contributed by atoms with Crippen molar-refractivity contribution in [3.63, 3.8) is 0 Å². The number of hydrogen-bond donors (Lipinski definition) is 1. The average Bonchev–Trinajstić information content (AvgIpc) is 3.13. The molecule has 7 heteroatoms. The van der Waals surface area contributed by atoms with Crippen molar-refractivity contribution in [2.45, 2.75) is 59.3 Å². The molecule has 3 rings (SSSR count). The number of ether oxygens (including phenoxy) is 1. The number of carbonyl (C=O) groups excluding carboxylic acids is 1. The van der Waals surface area contributed by atoms with E-state index in [1.165, 1.54) is 0 Å². The third-order valence-electron chi connectivity index (χ3n) is 5.66. The first kappa shape index (κ1) is 21.7. The molecule has 0 aliphatic carbocycles. The second kappa shape index (κ2) is 8.42. The number of nitrogens with zero attached hydrogens (tertiary/aromatic N) is 2. The number of benzene rings is 1. The normalized spacial score (nSPS) is 13.9.